The lowest BCUT2D eigenvalue weighted by Crippen LogP contribution is -2.39. The molecule has 26 heavy (non-hydrogen) atoms. The van der Waals surface area contributed by atoms with Crippen molar-refractivity contribution < 1.29 is 9.53 Å². The molecule has 0 aliphatic carbocycles. The minimum Gasteiger partial charge on any atom is -0.462 e. The fourth-order valence-electron chi connectivity index (χ4n) is 3.09. The Morgan fingerprint density at radius 2 is 2.04 bits per heavy atom. The van der Waals surface area contributed by atoms with Gasteiger partial charge in [-0.1, -0.05) is 30.3 Å². The maximum Gasteiger partial charge on any atom is 0.345 e. The molecule has 2 aromatic rings. The Labute approximate surface area is 152 Å². The standard InChI is InChI=1S/C19H24N4O3/c1-2-26-18(25)16-12-20-19(22-17(16)24)21-15-8-10-23(11-9-15)13-14-6-4-3-5-7-14/h3-7,12,15H,2,8-11,13H2,1H3,(H2,20,21,22,24). The van der Waals surface area contributed by atoms with Gasteiger partial charge in [-0.25, -0.2) is 9.78 Å². The molecule has 0 unspecified atom stereocenters. The first-order valence-electron chi connectivity index (χ1n) is 8.95. The molecular formula is C19H24N4O3. The number of carbonyl (C=O) groups is 1. The van der Waals surface area contributed by atoms with Crippen molar-refractivity contribution in [3.05, 3.63) is 58.0 Å². The molecule has 0 radical (unpaired) electrons. The number of aromatic amines is 1. The number of carbonyl (C=O) groups excluding carboxylic acids is 1. The van der Waals surface area contributed by atoms with Gasteiger partial charge in [0.2, 0.25) is 5.95 Å². The molecule has 0 bridgehead atoms. The summed E-state index contributed by atoms with van der Waals surface area (Å²) >= 11 is 0. The van der Waals surface area contributed by atoms with E-state index < -0.39 is 11.5 Å². The number of nitrogens with one attached hydrogen (secondary N) is 2. The maximum absolute atomic E-state index is 12.0. The van der Waals surface area contributed by atoms with Crippen molar-refractivity contribution in [2.45, 2.75) is 32.4 Å². The topological polar surface area (TPSA) is 87.3 Å². The summed E-state index contributed by atoms with van der Waals surface area (Å²) in [6.07, 6.45) is 3.20. The van der Waals surface area contributed by atoms with Crippen molar-refractivity contribution >= 4 is 11.9 Å². The minimum absolute atomic E-state index is 0.0740. The summed E-state index contributed by atoms with van der Waals surface area (Å²) < 4.78 is 4.83. The fraction of sp³-hybridized carbons (Fsp3) is 0.421. The van der Waals surface area contributed by atoms with Crippen LogP contribution in [0.5, 0.6) is 0 Å². The van der Waals surface area contributed by atoms with E-state index in [1.165, 1.54) is 11.8 Å². The average Bonchev–Trinajstić information content (AvgIpc) is 2.64. The SMILES string of the molecule is CCOC(=O)c1cnc(NC2CCN(Cc3ccccc3)CC2)[nH]c1=O. The lowest BCUT2D eigenvalue weighted by molar-refractivity contribution is 0.0524. The summed E-state index contributed by atoms with van der Waals surface area (Å²) in [7, 11) is 0. The number of esters is 1. The third-order valence-electron chi connectivity index (χ3n) is 4.47. The van der Waals surface area contributed by atoms with Crippen LogP contribution in [0.15, 0.2) is 41.3 Å². The smallest absolute Gasteiger partial charge is 0.345 e. The molecule has 0 saturated carbocycles. The average molecular weight is 356 g/mol. The third-order valence-corrected chi connectivity index (χ3v) is 4.47. The number of H-pyrrole nitrogens is 1. The van der Waals surface area contributed by atoms with E-state index in [2.05, 4.69) is 44.5 Å². The summed E-state index contributed by atoms with van der Waals surface area (Å²) in [6, 6.07) is 10.7. The van der Waals surface area contributed by atoms with Crippen LogP contribution < -0.4 is 10.9 Å². The van der Waals surface area contributed by atoms with E-state index >= 15 is 0 Å². The van der Waals surface area contributed by atoms with E-state index in [4.69, 9.17) is 4.74 Å². The number of aromatic nitrogens is 2. The number of piperidine rings is 1. The zero-order valence-electron chi connectivity index (χ0n) is 14.9. The monoisotopic (exact) mass is 356 g/mol. The van der Waals surface area contributed by atoms with Gasteiger partial charge in [-0.2, -0.15) is 0 Å². The van der Waals surface area contributed by atoms with Crippen LogP contribution in [0.4, 0.5) is 5.95 Å². The molecule has 138 valence electrons. The van der Waals surface area contributed by atoms with Crippen LogP contribution in [-0.4, -0.2) is 46.6 Å². The van der Waals surface area contributed by atoms with Crippen molar-refractivity contribution in [1.82, 2.24) is 14.9 Å². The predicted octanol–water partition coefficient (Wildman–Crippen LogP) is 2.02. The molecule has 0 amide bonds. The number of hydrogen-bond donors (Lipinski definition) is 2. The second kappa shape index (κ2) is 8.62. The largest absolute Gasteiger partial charge is 0.462 e. The molecule has 0 atom stereocenters. The number of likely N-dealkylation sites (tertiary alicyclic amines) is 1. The van der Waals surface area contributed by atoms with Crippen LogP contribution in [0.2, 0.25) is 0 Å². The zero-order chi connectivity index (χ0) is 18.4. The van der Waals surface area contributed by atoms with Gasteiger partial charge in [-0.3, -0.25) is 14.7 Å². The Balaban J connectivity index is 1.52. The molecule has 7 heteroatoms. The summed E-state index contributed by atoms with van der Waals surface area (Å²) in [5.74, 6) is -0.258. The van der Waals surface area contributed by atoms with Gasteiger partial charge in [0.25, 0.3) is 5.56 Å². The van der Waals surface area contributed by atoms with Gasteiger partial charge in [0.1, 0.15) is 5.56 Å². The molecule has 1 aliphatic rings. The molecule has 1 aliphatic heterocycles. The Morgan fingerprint density at radius 1 is 1.31 bits per heavy atom. The van der Waals surface area contributed by atoms with Crippen LogP contribution in [-0.2, 0) is 11.3 Å². The highest BCUT2D eigenvalue weighted by Crippen LogP contribution is 2.16. The van der Waals surface area contributed by atoms with Crippen molar-refractivity contribution in [2.75, 3.05) is 25.0 Å². The summed E-state index contributed by atoms with van der Waals surface area (Å²) in [5.41, 5.74) is 0.761. The minimum atomic E-state index is -0.651. The molecule has 2 N–H and O–H groups in total. The molecule has 1 aromatic carbocycles. The van der Waals surface area contributed by atoms with Gasteiger partial charge in [0.05, 0.1) is 12.8 Å². The Bertz CT molecular complexity index is 783. The summed E-state index contributed by atoms with van der Waals surface area (Å²) in [5, 5.41) is 3.26. The maximum atomic E-state index is 12.0. The van der Waals surface area contributed by atoms with Gasteiger partial charge >= 0.3 is 5.97 Å². The van der Waals surface area contributed by atoms with Crippen LogP contribution >= 0.6 is 0 Å². The number of anilines is 1. The van der Waals surface area contributed by atoms with E-state index in [1.807, 2.05) is 6.07 Å². The second-order valence-electron chi connectivity index (χ2n) is 6.38. The lowest BCUT2D eigenvalue weighted by atomic mass is 10.0. The lowest BCUT2D eigenvalue weighted by Gasteiger charge is -2.32. The fourth-order valence-corrected chi connectivity index (χ4v) is 3.09. The van der Waals surface area contributed by atoms with Crippen LogP contribution in [0.3, 0.4) is 0 Å². The third kappa shape index (κ3) is 4.70. The van der Waals surface area contributed by atoms with Crippen LogP contribution in [0, 0.1) is 0 Å². The molecule has 1 fully saturated rings. The zero-order valence-corrected chi connectivity index (χ0v) is 14.9. The second-order valence-corrected chi connectivity index (χ2v) is 6.38. The number of hydrogen-bond acceptors (Lipinski definition) is 6. The molecule has 7 nitrogen and oxygen atoms in total. The van der Waals surface area contributed by atoms with E-state index in [9.17, 15) is 9.59 Å². The van der Waals surface area contributed by atoms with Crippen LogP contribution in [0.1, 0.15) is 35.7 Å². The summed E-state index contributed by atoms with van der Waals surface area (Å²) in [6.45, 7) is 4.84. The first-order valence-corrected chi connectivity index (χ1v) is 8.95. The first-order chi connectivity index (χ1) is 12.7. The molecule has 0 spiro atoms. The highest BCUT2D eigenvalue weighted by atomic mass is 16.5. The Morgan fingerprint density at radius 3 is 2.69 bits per heavy atom. The first kappa shape index (κ1) is 18.1. The van der Waals surface area contributed by atoms with E-state index in [-0.39, 0.29) is 18.2 Å². The molecule has 1 saturated heterocycles. The Hall–Kier alpha value is -2.67. The van der Waals surface area contributed by atoms with Crippen molar-refractivity contribution in [2.24, 2.45) is 0 Å². The highest BCUT2D eigenvalue weighted by molar-refractivity contribution is 5.88. The van der Waals surface area contributed by atoms with Gasteiger partial charge in [-0.15, -0.1) is 0 Å². The van der Waals surface area contributed by atoms with Gasteiger partial charge in [0.15, 0.2) is 0 Å². The van der Waals surface area contributed by atoms with E-state index in [1.54, 1.807) is 6.92 Å². The number of ether oxygens (including phenoxy) is 1. The predicted molar refractivity (Wildman–Crippen MR) is 99.2 cm³/mol. The van der Waals surface area contributed by atoms with Gasteiger partial charge < -0.3 is 10.1 Å². The van der Waals surface area contributed by atoms with Gasteiger partial charge in [-0.05, 0) is 25.3 Å². The van der Waals surface area contributed by atoms with Crippen molar-refractivity contribution in [3.63, 3.8) is 0 Å². The van der Waals surface area contributed by atoms with Crippen molar-refractivity contribution in [3.8, 4) is 0 Å². The number of benzene rings is 1. The normalized spacial score (nSPS) is 15.6. The van der Waals surface area contributed by atoms with E-state index in [0.29, 0.717) is 5.95 Å². The molecule has 3 rings (SSSR count). The number of nitrogens with zero attached hydrogens (tertiary/aromatic N) is 2. The molecule has 2 heterocycles. The molecule has 1 aromatic heterocycles. The molecular weight excluding hydrogens is 332 g/mol. The van der Waals surface area contributed by atoms with Crippen LogP contribution in [0.25, 0.3) is 0 Å². The number of rotatable bonds is 6. The highest BCUT2D eigenvalue weighted by Gasteiger charge is 2.20. The van der Waals surface area contributed by atoms with Crippen molar-refractivity contribution in [1.29, 1.82) is 0 Å². The Kier molecular flexibility index (Phi) is 6.01. The van der Waals surface area contributed by atoms with E-state index in [0.717, 1.165) is 32.5 Å². The van der Waals surface area contributed by atoms with Gasteiger partial charge in [0, 0.05) is 25.7 Å². The summed E-state index contributed by atoms with van der Waals surface area (Å²) in [4.78, 5) is 32.8. The quantitative estimate of drug-likeness (QED) is 0.770.